The zero-order valence-electron chi connectivity index (χ0n) is 9.67. The van der Waals surface area contributed by atoms with Crippen LogP contribution in [0.3, 0.4) is 0 Å². The van der Waals surface area contributed by atoms with Crippen molar-refractivity contribution in [2.75, 3.05) is 6.61 Å². The number of nitro benzene ring substituents is 1. The van der Waals surface area contributed by atoms with Crippen molar-refractivity contribution in [3.63, 3.8) is 0 Å². The van der Waals surface area contributed by atoms with Crippen molar-refractivity contribution < 1.29 is 19.6 Å². The molecule has 0 unspecified atom stereocenters. The monoisotopic (exact) mass is 251 g/mol. The highest BCUT2D eigenvalue weighted by atomic mass is 16.6. The summed E-state index contributed by atoms with van der Waals surface area (Å²) in [7, 11) is 0. The number of rotatable bonds is 6. The van der Waals surface area contributed by atoms with E-state index in [0.717, 1.165) is 6.42 Å². The van der Waals surface area contributed by atoms with Crippen LogP contribution < -0.4 is 4.74 Å². The van der Waals surface area contributed by atoms with Crippen LogP contribution in [-0.4, -0.2) is 22.6 Å². The summed E-state index contributed by atoms with van der Waals surface area (Å²) in [6.45, 7) is 0.384. The Morgan fingerprint density at radius 1 is 1.50 bits per heavy atom. The SMILES string of the molecule is O=C(O)c1cccc(OCCC2CC2)c1[N+](=O)[O-]. The summed E-state index contributed by atoms with van der Waals surface area (Å²) in [5.41, 5.74) is -0.815. The summed E-state index contributed by atoms with van der Waals surface area (Å²) in [6.07, 6.45) is 3.22. The van der Waals surface area contributed by atoms with Crippen LogP contribution in [0, 0.1) is 16.0 Å². The Morgan fingerprint density at radius 2 is 2.22 bits per heavy atom. The molecule has 6 nitrogen and oxygen atoms in total. The number of carboxylic acid groups (broad SMARTS) is 1. The molecule has 2 rings (SSSR count). The fourth-order valence-electron chi connectivity index (χ4n) is 1.74. The van der Waals surface area contributed by atoms with E-state index in [0.29, 0.717) is 12.5 Å². The molecule has 1 aliphatic rings. The topological polar surface area (TPSA) is 89.7 Å². The molecule has 1 fully saturated rings. The molecule has 1 aromatic rings. The molecular weight excluding hydrogens is 238 g/mol. The Labute approximate surface area is 103 Å². The number of hydrogen-bond acceptors (Lipinski definition) is 4. The lowest BCUT2D eigenvalue weighted by atomic mass is 10.1. The highest BCUT2D eigenvalue weighted by Crippen LogP contribution is 2.34. The van der Waals surface area contributed by atoms with E-state index >= 15 is 0 Å². The largest absolute Gasteiger partial charge is 0.487 e. The van der Waals surface area contributed by atoms with Gasteiger partial charge in [0.2, 0.25) is 0 Å². The average Bonchev–Trinajstić information content (AvgIpc) is 3.12. The first-order valence-electron chi connectivity index (χ1n) is 5.73. The zero-order valence-corrected chi connectivity index (χ0v) is 9.67. The van der Waals surface area contributed by atoms with Gasteiger partial charge in [-0.3, -0.25) is 10.1 Å². The quantitative estimate of drug-likeness (QED) is 0.619. The number of ether oxygens (including phenoxy) is 1. The van der Waals surface area contributed by atoms with Crippen LogP contribution in [0.4, 0.5) is 5.69 Å². The van der Waals surface area contributed by atoms with E-state index in [9.17, 15) is 14.9 Å². The van der Waals surface area contributed by atoms with Crippen molar-refractivity contribution in [1.82, 2.24) is 0 Å². The number of aromatic carboxylic acids is 1. The molecule has 0 radical (unpaired) electrons. The summed E-state index contributed by atoms with van der Waals surface area (Å²) < 4.78 is 5.34. The maximum Gasteiger partial charge on any atom is 0.342 e. The fraction of sp³-hybridized carbons (Fsp3) is 0.417. The fourth-order valence-corrected chi connectivity index (χ4v) is 1.74. The van der Waals surface area contributed by atoms with Gasteiger partial charge in [-0.1, -0.05) is 18.9 Å². The molecule has 6 heteroatoms. The number of carbonyl (C=O) groups is 1. The molecule has 0 bridgehead atoms. The van der Waals surface area contributed by atoms with Gasteiger partial charge in [-0.25, -0.2) is 4.79 Å². The van der Waals surface area contributed by atoms with Gasteiger partial charge in [-0.05, 0) is 24.5 Å². The van der Waals surface area contributed by atoms with Gasteiger partial charge in [-0.15, -0.1) is 0 Å². The van der Waals surface area contributed by atoms with Crippen LogP contribution in [0.25, 0.3) is 0 Å². The summed E-state index contributed by atoms with van der Waals surface area (Å²) in [5, 5.41) is 19.8. The molecule has 1 aliphatic carbocycles. The standard InChI is InChI=1S/C12H13NO5/c14-12(15)9-2-1-3-10(11(9)13(16)17)18-7-6-8-4-5-8/h1-3,8H,4-7H2,(H,14,15). The van der Waals surface area contributed by atoms with Crippen LogP contribution in [0.1, 0.15) is 29.6 Å². The van der Waals surface area contributed by atoms with Gasteiger partial charge in [0.1, 0.15) is 5.56 Å². The molecule has 0 heterocycles. The number of carboxylic acids is 1. The third-order valence-electron chi connectivity index (χ3n) is 2.89. The lowest BCUT2D eigenvalue weighted by Gasteiger charge is -2.07. The van der Waals surface area contributed by atoms with Crippen LogP contribution >= 0.6 is 0 Å². The second-order valence-corrected chi connectivity index (χ2v) is 4.30. The Morgan fingerprint density at radius 3 is 2.78 bits per heavy atom. The highest BCUT2D eigenvalue weighted by Gasteiger charge is 2.26. The molecule has 0 atom stereocenters. The van der Waals surface area contributed by atoms with Crippen molar-refractivity contribution in [2.24, 2.45) is 5.92 Å². The van der Waals surface area contributed by atoms with E-state index in [1.165, 1.54) is 31.0 Å². The van der Waals surface area contributed by atoms with Crippen molar-refractivity contribution in [3.05, 3.63) is 33.9 Å². The number of benzene rings is 1. The minimum atomic E-state index is -1.32. The number of nitro groups is 1. The molecule has 0 spiro atoms. The number of nitrogens with zero attached hydrogens (tertiary/aromatic N) is 1. The van der Waals surface area contributed by atoms with Crippen LogP contribution in [0.5, 0.6) is 5.75 Å². The molecule has 0 aliphatic heterocycles. The summed E-state index contributed by atoms with van der Waals surface area (Å²) >= 11 is 0. The summed E-state index contributed by atoms with van der Waals surface area (Å²) in [4.78, 5) is 21.1. The Balaban J connectivity index is 2.18. The smallest absolute Gasteiger partial charge is 0.342 e. The third kappa shape index (κ3) is 2.77. The maximum atomic E-state index is 10.9. The summed E-state index contributed by atoms with van der Waals surface area (Å²) in [6, 6.07) is 4.08. The number of hydrogen-bond donors (Lipinski definition) is 1. The Hall–Kier alpha value is -2.11. The van der Waals surface area contributed by atoms with Gasteiger partial charge >= 0.3 is 11.7 Å². The number of para-hydroxylation sites is 1. The molecule has 0 aromatic heterocycles. The van der Waals surface area contributed by atoms with E-state index < -0.39 is 16.6 Å². The van der Waals surface area contributed by atoms with Crippen LogP contribution in [0.2, 0.25) is 0 Å². The third-order valence-corrected chi connectivity index (χ3v) is 2.89. The molecule has 96 valence electrons. The van der Waals surface area contributed by atoms with Crippen molar-refractivity contribution in [3.8, 4) is 5.75 Å². The van der Waals surface area contributed by atoms with Crippen LogP contribution in [0.15, 0.2) is 18.2 Å². The molecule has 1 N–H and O–H groups in total. The second kappa shape index (κ2) is 5.03. The van der Waals surface area contributed by atoms with Crippen molar-refractivity contribution in [2.45, 2.75) is 19.3 Å². The van der Waals surface area contributed by atoms with E-state index in [4.69, 9.17) is 9.84 Å². The van der Waals surface area contributed by atoms with Gasteiger partial charge in [0.15, 0.2) is 5.75 Å². The normalized spacial score (nSPS) is 14.2. The van der Waals surface area contributed by atoms with Crippen molar-refractivity contribution >= 4 is 11.7 Å². The lowest BCUT2D eigenvalue weighted by Crippen LogP contribution is -2.06. The average molecular weight is 251 g/mol. The molecule has 0 amide bonds. The van der Waals surface area contributed by atoms with Gasteiger partial charge < -0.3 is 9.84 Å². The zero-order chi connectivity index (χ0) is 13.1. The minimum absolute atomic E-state index is 0.0283. The van der Waals surface area contributed by atoms with Crippen LogP contribution in [-0.2, 0) is 0 Å². The van der Waals surface area contributed by atoms with E-state index in [1.54, 1.807) is 0 Å². The minimum Gasteiger partial charge on any atom is -0.487 e. The van der Waals surface area contributed by atoms with Gasteiger partial charge in [0.25, 0.3) is 0 Å². The van der Waals surface area contributed by atoms with Gasteiger partial charge in [0.05, 0.1) is 11.5 Å². The molecule has 0 saturated heterocycles. The Kier molecular flexibility index (Phi) is 3.45. The van der Waals surface area contributed by atoms with Gasteiger partial charge in [-0.2, -0.15) is 0 Å². The van der Waals surface area contributed by atoms with E-state index in [2.05, 4.69) is 0 Å². The van der Waals surface area contributed by atoms with Crippen molar-refractivity contribution in [1.29, 1.82) is 0 Å². The van der Waals surface area contributed by atoms with Gasteiger partial charge in [0, 0.05) is 0 Å². The molecular formula is C12H13NO5. The predicted octanol–water partition coefficient (Wildman–Crippen LogP) is 2.47. The Bertz CT molecular complexity index is 481. The summed E-state index contributed by atoms with van der Waals surface area (Å²) in [5.74, 6) is -0.637. The molecule has 18 heavy (non-hydrogen) atoms. The second-order valence-electron chi connectivity index (χ2n) is 4.30. The highest BCUT2D eigenvalue weighted by molar-refractivity contribution is 5.93. The molecule has 1 aromatic carbocycles. The first kappa shape index (κ1) is 12.3. The first-order chi connectivity index (χ1) is 8.59. The first-order valence-corrected chi connectivity index (χ1v) is 5.73. The lowest BCUT2D eigenvalue weighted by molar-refractivity contribution is -0.386. The van der Waals surface area contributed by atoms with E-state index in [-0.39, 0.29) is 11.3 Å². The van der Waals surface area contributed by atoms with E-state index in [1.807, 2.05) is 0 Å². The molecule has 1 saturated carbocycles. The predicted molar refractivity (Wildman–Crippen MR) is 62.9 cm³/mol. The maximum absolute atomic E-state index is 10.9.